The number of aliphatic hydroxyl groups is 1. The fourth-order valence-corrected chi connectivity index (χ4v) is 3.90. The molecule has 1 fully saturated rings. The molecule has 1 aliphatic rings. The van der Waals surface area contributed by atoms with Crippen molar-refractivity contribution >= 4 is 31.9 Å². The minimum absolute atomic E-state index is 0.0855. The predicted molar refractivity (Wildman–Crippen MR) is 97.1 cm³/mol. The van der Waals surface area contributed by atoms with Gasteiger partial charge in [0.2, 0.25) is 0 Å². The number of hydrogen-bond acceptors (Lipinski definition) is 4. The van der Waals surface area contributed by atoms with Gasteiger partial charge >= 0.3 is 0 Å². The van der Waals surface area contributed by atoms with Crippen molar-refractivity contribution in [2.45, 2.75) is 18.4 Å². The summed E-state index contributed by atoms with van der Waals surface area (Å²) in [7, 11) is 2.12. The van der Waals surface area contributed by atoms with E-state index in [1.807, 2.05) is 36.4 Å². The molecule has 2 aromatic heterocycles. The molecule has 3 heterocycles. The van der Waals surface area contributed by atoms with E-state index in [0.29, 0.717) is 11.4 Å². The molecule has 0 aromatic carbocycles. The molecule has 3 rings (SSSR count). The first-order valence-corrected chi connectivity index (χ1v) is 9.25. The molecule has 122 valence electrons. The Labute approximate surface area is 153 Å². The summed E-state index contributed by atoms with van der Waals surface area (Å²) in [5.74, 6) is 0.0855. The highest BCUT2D eigenvalue weighted by atomic mass is 79.9. The molecule has 0 aliphatic carbocycles. The van der Waals surface area contributed by atoms with Gasteiger partial charge in [0.1, 0.15) is 9.21 Å². The molecule has 1 aliphatic heterocycles. The van der Waals surface area contributed by atoms with Crippen LogP contribution in [0.3, 0.4) is 0 Å². The van der Waals surface area contributed by atoms with Gasteiger partial charge in [0, 0.05) is 5.92 Å². The van der Waals surface area contributed by atoms with Gasteiger partial charge in [0.15, 0.2) is 5.60 Å². The molecule has 6 heteroatoms. The summed E-state index contributed by atoms with van der Waals surface area (Å²) in [5.41, 5.74) is 0.105. The summed E-state index contributed by atoms with van der Waals surface area (Å²) in [6.45, 7) is 1.93. The zero-order valence-corrected chi connectivity index (χ0v) is 16.1. The van der Waals surface area contributed by atoms with Crippen molar-refractivity contribution < 1.29 is 5.11 Å². The number of hydrogen-bond donors (Lipinski definition) is 1. The van der Waals surface area contributed by atoms with Crippen molar-refractivity contribution in [2.24, 2.45) is 5.92 Å². The monoisotopic (exact) mass is 439 g/mol. The first-order valence-electron chi connectivity index (χ1n) is 7.67. The van der Waals surface area contributed by atoms with E-state index in [2.05, 4.69) is 53.8 Å². The van der Waals surface area contributed by atoms with Crippen LogP contribution < -0.4 is 0 Å². The Hall–Kier alpha value is -0.820. The van der Waals surface area contributed by atoms with Crippen LogP contribution in [0.1, 0.15) is 24.2 Å². The van der Waals surface area contributed by atoms with Gasteiger partial charge in [-0.25, -0.2) is 9.97 Å². The molecule has 4 nitrogen and oxygen atoms in total. The summed E-state index contributed by atoms with van der Waals surface area (Å²) >= 11 is 6.83. The number of piperidine rings is 1. The summed E-state index contributed by atoms with van der Waals surface area (Å²) in [6.07, 6.45) is 1.82. The van der Waals surface area contributed by atoms with E-state index in [1.165, 1.54) is 0 Å². The Balaban J connectivity index is 2.09. The molecule has 0 atom stereocenters. The van der Waals surface area contributed by atoms with Crippen molar-refractivity contribution in [3.8, 4) is 0 Å². The van der Waals surface area contributed by atoms with Gasteiger partial charge in [-0.15, -0.1) is 0 Å². The van der Waals surface area contributed by atoms with Gasteiger partial charge in [-0.3, -0.25) is 0 Å². The third-order valence-corrected chi connectivity index (χ3v) is 5.40. The van der Waals surface area contributed by atoms with Crippen molar-refractivity contribution in [1.29, 1.82) is 0 Å². The normalized spacial score (nSPS) is 17.4. The second-order valence-electron chi connectivity index (χ2n) is 6.04. The lowest BCUT2D eigenvalue weighted by Crippen LogP contribution is -2.44. The fraction of sp³-hybridized carbons (Fsp3) is 0.412. The van der Waals surface area contributed by atoms with Crippen LogP contribution in [0.2, 0.25) is 0 Å². The highest BCUT2D eigenvalue weighted by molar-refractivity contribution is 9.10. The van der Waals surface area contributed by atoms with Crippen LogP contribution in [-0.2, 0) is 5.60 Å². The average Bonchev–Trinajstić information content (AvgIpc) is 2.55. The Morgan fingerprint density at radius 2 is 1.48 bits per heavy atom. The molecular weight excluding hydrogens is 422 g/mol. The molecule has 0 spiro atoms. The van der Waals surface area contributed by atoms with Crippen molar-refractivity contribution in [2.75, 3.05) is 20.1 Å². The van der Waals surface area contributed by atoms with Crippen LogP contribution in [0, 0.1) is 5.92 Å². The number of pyridine rings is 2. The van der Waals surface area contributed by atoms with Crippen LogP contribution >= 0.6 is 31.9 Å². The van der Waals surface area contributed by atoms with Crippen molar-refractivity contribution in [1.82, 2.24) is 14.9 Å². The number of rotatable bonds is 3. The van der Waals surface area contributed by atoms with Crippen LogP contribution in [-0.4, -0.2) is 40.1 Å². The topological polar surface area (TPSA) is 49.2 Å². The second kappa shape index (κ2) is 6.97. The summed E-state index contributed by atoms with van der Waals surface area (Å²) in [6, 6.07) is 11.3. The number of aromatic nitrogens is 2. The van der Waals surface area contributed by atoms with Crippen LogP contribution in [0.15, 0.2) is 45.6 Å². The maximum atomic E-state index is 11.7. The molecule has 1 saturated heterocycles. The third kappa shape index (κ3) is 3.50. The zero-order chi connectivity index (χ0) is 16.4. The Morgan fingerprint density at radius 1 is 1.00 bits per heavy atom. The summed E-state index contributed by atoms with van der Waals surface area (Å²) < 4.78 is 1.44. The smallest absolute Gasteiger partial charge is 0.151 e. The second-order valence-corrected chi connectivity index (χ2v) is 7.66. The molecule has 0 unspecified atom stereocenters. The molecule has 0 bridgehead atoms. The molecule has 1 N–H and O–H groups in total. The minimum atomic E-state index is -1.19. The summed E-state index contributed by atoms with van der Waals surface area (Å²) in [4.78, 5) is 11.4. The first kappa shape index (κ1) is 17.0. The highest BCUT2D eigenvalue weighted by Crippen LogP contribution is 2.40. The lowest BCUT2D eigenvalue weighted by Gasteiger charge is -2.40. The van der Waals surface area contributed by atoms with Gasteiger partial charge in [0.05, 0.1) is 11.4 Å². The van der Waals surface area contributed by atoms with Crippen LogP contribution in [0.5, 0.6) is 0 Å². The van der Waals surface area contributed by atoms with Crippen molar-refractivity contribution in [3.05, 3.63) is 57.0 Å². The minimum Gasteiger partial charge on any atom is -0.377 e. The maximum absolute atomic E-state index is 11.7. The van der Waals surface area contributed by atoms with Crippen LogP contribution in [0.4, 0.5) is 0 Å². The van der Waals surface area contributed by atoms with Gasteiger partial charge in [-0.1, -0.05) is 12.1 Å². The Morgan fingerprint density at radius 3 is 1.91 bits per heavy atom. The molecule has 0 radical (unpaired) electrons. The first-order chi connectivity index (χ1) is 11.0. The van der Waals surface area contributed by atoms with E-state index in [1.54, 1.807) is 0 Å². The highest BCUT2D eigenvalue weighted by Gasteiger charge is 2.43. The SMILES string of the molecule is CN1CCC(C(O)(c2cccc(Br)n2)c2cccc(Br)n2)CC1. The largest absolute Gasteiger partial charge is 0.377 e. The third-order valence-electron chi connectivity index (χ3n) is 4.52. The molecule has 0 saturated carbocycles. The van der Waals surface area contributed by atoms with Crippen molar-refractivity contribution in [3.63, 3.8) is 0 Å². The van der Waals surface area contributed by atoms with E-state index in [-0.39, 0.29) is 5.92 Å². The quantitative estimate of drug-likeness (QED) is 0.741. The fourth-order valence-electron chi connectivity index (χ4n) is 3.22. The average molecular weight is 441 g/mol. The molecular formula is C17H19Br2N3O. The summed E-state index contributed by atoms with van der Waals surface area (Å²) in [5, 5.41) is 11.7. The lowest BCUT2D eigenvalue weighted by molar-refractivity contribution is -0.0179. The van der Waals surface area contributed by atoms with E-state index in [0.717, 1.165) is 35.1 Å². The van der Waals surface area contributed by atoms with Crippen LogP contribution in [0.25, 0.3) is 0 Å². The molecule has 23 heavy (non-hydrogen) atoms. The van der Waals surface area contributed by atoms with Gasteiger partial charge < -0.3 is 10.0 Å². The van der Waals surface area contributed by atoms with E-state index >= 15 is 0 Å². The standard InChI is InChI=1S/C17H19Br2N3O/c1-22-10-8-12(9-11-22)17(23,13-4-2-6-15(18)20-13)14-5-3-7-16(19)21-14/h2-7,12,23H,8-11H2,1H3. The molecule has 0 amide bonds. The molecule has 2 aromatic rings. The number of halogens is 2. The number of likely N-dealkylation sites (tertiary alicyclic amines) is 1. The van der Waals surface area contributed by atoms with E-state index in [4.69, 9.17) is 0 Å². The Kier molecular flexibility index (Phi) is 5.16. The Bertz CT molecular complexity index is 642. The lowest BCUT2D eigenvalue weighted by atomic mass is 9.76. The van der Waals surface area contributed by atoms with Gasteiger partial charge in [0.25, 0.3) is 0 Å². The van der Waals surface area contributed by atoms with Gasteiger partial charge in [-0.2, -0.15) is 0 Å². The van der Waals surface area contributed by atoms with E-state index in [9.17, 15) is 5.11 Å². The van der Waals surface area contributed by atoms with Gasteiger partial charge in [-0.05, 0) is 89.1 Å². The van der Waals surface area contributed by atoms with E-state index < -0.39 is 5.60 Å². The zero-order valence-electron chi connectivity index (χ0n) is 12.9. The maximum Gasteiger partial charge on any atom is 0.151 e. The number of nitrogens with zero attached hydrogens (tertiary/aromatic N) is 3. The predicted octanol–water partition coefficient (Wildman–Crippen LogP) is 3.58.